The van der Waals surface area contributed by atoms with Gasteiger partial charge in [0.05, 0.1) is 0 Å². The van der Waals surface area contributed by atoms with Crippen LogP contribution < -0.4 is 0 Å². The lowest BCUT2D eigenvalue weighted by Gasteiger charge is -2.05. The van der Waals surface area contributed by atoms with Crippen molar-refractivity contribution in [3.63, 3.8) is 0 Å². The highest BCUT2D eigenvalue weighted by Crippen LogP contribution is 2.21. The monoisotopic (exact) mass is 267 g/mol. The fourth-order valence-corrected chi connectivity index (χ4v) is 2.06. The molecule has 2 heterocycles. The van der Waals surface area contributed by atoms with E-state index in [1.54, 1.807) is 10.6 Å². The molecule has 0 bridgehead atoms. The van der Waals surface area contributed by atoms with Gasteiger partial charge < -0.3 is 5.11 Å². The second-order valence-electron chi connectivity index (χ2n) is 4.78. The minimum atomic E-state index is -1.05. The van der Waals surface area contributed by atoms with Crippen LogP contribution in [0.5, 0.6) is 0 Å². The molecule has 0 spiro atoms. The number of carboxylic acids is 1. The molecule has 0 amide bonds. The molecule has 3 rings (SSSR count). The van der Waals surface area contributed by atoms with E-state index in [0.29, 0.717) is 5.78 Å². The average Bonchev–Trinajstić information content (AvgIpc) is 2.85. The fraction of sp³-hybridized carbons (Fsp3) is 0.133. The van der Waals surface area contributed by atoms with Gasteiger partial charge in [0, 0.05) is 24.2 Å². The highest BCUT2D eigenvalue weighted by atomic mass is 16.4. The SMILES string of the molecule is Cc1ccc(-c2cnc3nc(C(=O)O)cn3c2)cc1C. The number of aromatic carboxylic acids is 1. The third kappa shape index (κ3) is 2.03. The molecule has 0 unspecified atom stereocenters. The third-order valence-electron chi connectivity index (χ3n) is 3.37. The number of hydrogen-bond acceptors (Lipinski definition) is 3. The van der Waals surface area contributed by atoms with E-state index in [4.69, 9.17) is 5.11 Å². The summed E-state index contributed by atoms with van der Waals surface area (Å²) in [4.78, 5) is 19.0. The van der Waals surface area contributed by atoms with Gasteiger partial charge in [-0.2, -0.15) is 0 Å². The zero-order valence-electron chi connectivity index (χ0n) is 11.2. The van der Waals surface area contributed by atoms with Gasteiger partial charge in [-0.3, -0.25) is 4.40 Å². The lowest BCUT2D eigenvalue weighted by molar-refractivity contribution is 0.0691. The van der Waals surface area contributed by atoms with E-state index in [1.807, 2.05) is 12.3 Å². The average molecular weight is 267 g/mol. The van der Waals surface area contributed by atoms with Gasteiger partial charge in [-0.15, -0.1) is 0 Å². The Labute approximate surface area is 115 Å². The van der Waals surface area contributed by atoms with Crippen molar-refractivity contribution in [2.24, 2.45) is 0 Å². The van der Waals surface area contributed by atoms with Crippen LogP contribution in [-0.4, -0.2) is 25.4 Å². The summed E-state index contributed by atoms with van der Waals surface area (Å²) in [5.74, 6) is -0.668. The maximum atomic E-state index is 10.9. The topological polar surface area (TPSA) is 67.5 Å². The van der Waals surface area contributed by atoms with Gasteiger partial charge in [0.1, 0.15) is 0 Å². The molecule has 0 radical (unpaired) electrons. The molecule has 5 heteroatoms. The molecule has 0 saturated heterocycles. The van der Waals surface area contributed by atoms with Gasteiger partial charge in [-0.05, 0) is 30.5 Å². The molecule has 0 fully saturated rings. The van der Waals surface area contributed by atoms with Gasteiger partial charge in [-0.25, -0.2) is 14.8 Å². The van der Waals surface area contributed by atoms with Crippen molar-refractivity contribution in [3.05, 3.63) is 53.6 Å². The van der Waals surface area contributed by atoms with E-state index in [1.165, 1.54) is 17.3 Å². The highest BCUT2D eigenvalue weighted by Gasteiger charge is 2.10. The van der Waals surface area contributed by atoms with Gasteiger partial charge in [0.25, 0.3) is 0 Å². The summed E-state index contributed by atoms with van der Waals surface area (Å²) in [6.07, 6.45) is 5.01. The Hall–Kier alpha value is -2.69. The molecule has 0 aliphatic carbocycles. The van der Waals surface area contributed by atoms with Crippen molar-refractivity contribution in [3.8, 4) is 11.1 Å². The Kier molecular flexibility index (Phi) is 2.75. The minimum Gasteiger partial charge on any atom is -0.476 e. The first kappa shape index (κ1) is 12.3. The molecular formula is C15H13N3O2. The number of benzene rings is 1. The first-order chi connectivity index (χ1) is 9.54. The smallest absolute Gasteiger partial charge is 0.356 e. The van der Waals surface area contributed by atoms with Gasteiger partial charge in [-0.1, -0.05) is 18.2 Å². The van der Waals surface area contributed by atoms with Crippen molar-refractivity contribution < 1.29 is 9.90 Å². The van der Waals surface area contributed by atoms with Crippen LogP contribution in [0, 0.1) is 13.8 Å². The van der Waals surface area contributed by atoms with Gasteiger partial charge >= 0.3 is 5.97 Å². The molecule has 1 aromatic carbocycles. The van der Waals surface area contributed by atoms with E-state index in [-0.39, 0.29) is 5.69 Å². The van der Waals surface area contributed by atoms with E-state index in [9.17, 15) is 4.79 Å². The Balaban J connectivity index is 2.12. The van der Waals surface area contributed by atoms with E-state index in [0.717, 1.165) is 11.1 Å². The van der Waals surface area contributed by atoms with Crippen LogP contribution in [0.25, 0.3) is 16.9 Å². The Bertz CT molecular complexity index is 821. The van der Waals surface area contributed by atoms with E-state index >= 15 is 0 Å². The lowest BCUT2D eigenvalue weighted by atomic mass is 10.0. The van der Waals surface area contributed by atoms with Crippen LogP contribution in [0.2, 0.25) is 0 Å². The summed E-state index contributed by atoms with van der Waals surface area (Å²) in [6, 6.07) is 6.18. The Morgan fingerprint density at radius 3 is 2.65 bits per heavy atom. The summed E-state index contributed by atoms with van der Waals surface area (Å²) in [7, 11) is 0. The van der Waals surface area contributed by atoms with Crippen LogP contribution in [0.4, 0.5) is 0 Å². The van der Waals surface area contributed by atoms with Crippen LogP contribution in [0.1, 0.15) is 21.6 Å². The van der Waals surface area contributed by atoms with E-state index < -0.39 is 5.97 Å². The predicted molar refractivity (Wildman–Crippen MR) is 74.9 cm³/mol. The standard InChI is InChI=1S/C15H13N3O2/c1-9-3-4-11(5-10(9)2)12-6-16-15-17-13(14(19)20)8-18(15)7-12/h3-8H,1-2H3,(H,19,20). The first-order valence-corrected chi connectivity index (χ1v) is 6.20. The molecule has 1 N–H and O–H groups in total. The number of aryl methyl sites for hydroxylation is 2. The molecular weight excluding hydrogens is 254 g/mol. The lowest BCUT2D eigenvalue weighted by Crippen LogP contribution is -1.94. The highest BCUT2D eigenvalue weighted by molar-refractivity contribution is 5.85. The molecule has 0 saturated carbocycles. The van der Waals surface area contributed by atoms with Crippen molar-refractivity contribution in [1.29, 1.82) is 0 Å². The molecule has 0 aliphatic rings. The number of carboxylic acid groups (broad SMARTS) is 1. The number of hydrogen-bond donors (Lipinski definition) is 1. The van der Waals surface area contributed by atoms with Crippen molar-refractivity contribution >= 4 is 11.7 Å². The third-order valence-corrected chi connectivity index (χ3v) is 3.37. The second kappa shape index (κ2) is 4.45. The van der Waals surface area contributed by atoms with E-state index in [2.05, 4.69) is 35.9 Å². The van der Waals surface area contributed by atoms with Gasteiger partial charge in [0.15, 0.2) is 5.69 Å². The number of aromatic nitrogens is 3. The molecule has 20 heavy (non-hydrogen) atoms. The van der Waals surface area contributed by atoms with Crippen molar-refractivity contribution in [2.45, 2.75) is 13.8 Å². The summed E-state index contributed by atoms with van der Waals surface area (Å²) >= 11 is 0. The number of fused-ring (bicyclic) bond motifs is 1. The maximum absolute atomic E-state index is 10.9. The second-order valence-corrected chi connectivity index (χ2v) is 4.78. The van der Waals surface area contributed by atoms with Crippen LogP contribution in [0.3, 0.4) is 0 Å². The largest absolute Gasteiger partial charge is 0.476 e. The maximum Gasteiger partial charge on any atom is 0.356 e. The Morgan fingerprint density at radius 2 is 1.95 bits per heavy atom. The van der Waals surface area contributed by atoms with Crippen LogP contribution in [-0.2, 0) is 0 Å². The zero-order chi connectivity index (χ0) is 14.3. The molecule has 0 aliphatic heterocycles. The number of rotatable bonds is 2. The normalized spacial score (nSPS) is 10.9. The Morgan fingerprint density at radius 1 is 1.15 bits per heavy atom. The number of nitrogens with zero attached hydrogens (tertiary/aromatic N) is 3. The summed E-state index contributed by atoms with van der Waals surface area (Å²) in [5.41, 5.74) is 4.41. The summed E-state index contributed by atoms with van der Waals surface area (Å²) < 4.78 is 1.63. The zero-order valence-corrected chi connectivity index (χ0v) is 11.2. The predicted octanol–water partition coefficient (Wildman–Crippen LogP) is 2.71. The first-order valence-electron chi connectivity index (χ1n) is 6.20. The summed E-state index contributed by atoms with van der Waals surface area (Å²) in [5, 5.41) is 8.94. The molecule has 100 valence electrons. The molecule has 0 atom stereocenters. The van der Waals surface area contributed by atoms with Crippen molar-refractivity contribution in [2.75, 3.05) is 0 Å². The number of imidazole rings is 1. The minimum absolute atomic E-state index is 0.00487. The summed E-state index contributed by atoms with van der Waals surface area (Å²) in [6.45, 7) is 4.13. The molecule has 5 nitrogen and oxygen atoms in total. The number of carbonyl (C=O) groups is 1. The fourth-order valence-electron chi connectivity index (χ4n) is 2.06. The van der Waals surface area contributed by atoms with Crippen LogP contribution >= 0.6 is 0 Å². The molecule has 3 aromatic rings. The van der Waals surface area contributed by atoms with Crippen molar-refractivity contribution in [1.82, 2.24) is 14.4 Å². The quantitative estimate of drug-likeness (QED) is 0.775. The van der Waals surface area contributed by atoms with Crippen LogP contribution in [0.15, 0.2) is 36.8 Å². The van der Waals surface area contributed by atoms with Gasteiger partial charge in [0.2, 0.25) is 5.78 Å². The molecule has 2 aromatic heterocycles.